The van der Waals surface area contributed by atoms with Crippen LogP contribution in [0.15, 0.2) is 59.0 Å². The number of hydrogen-bond acceptors (Lipinski definition) is 10. The number of thiophene rings is 1. The summed E-state index contributed by atoms with van der Waals surface area (Å²) in [5.74, 6) is 0.375. The van der Waals surface area contributed by atoms with E-state index in [1.807, 2.05) is 56.5 Å². The molecule has 13 nitrogen and oxygen atoms in total. The summed E-state index contributed by atoms with van der Waals surface area (Å²) in [5.41, 5.74) is 2.33. The van der Waals surface area contributed by atoms with Gasteiger partial charge in [0, 0.05) is 25.7 Å². The molecule has 14 heteroatoms. The smallest absolute Gasteiger partial charge is 0.290 e. The number of amides is 2. The molecule has 1 aliphatic rings. The number of carboxylic acid groups (broad SMARTS) is 1. The van der Waals surface area contributed by atoms with Gasteiger partial charge in [-0.3, -0.25) is 19.7 Å². The molecular weight excluding hydrogens is 622 g/mol. The van der Waals surface area contributed by atoms with Gasteiger partial charge in [0.15, 0.2) is 12.2 Å². The summed E-state index contributed by atoms with van der Waals surface area (Å²) in [6, 6.07) is 11.3. The third kappa shape index (κ3) is 8.91. The molecule has 0 bridgehead atoms. The summed E-state index contributed by atoms with van der Waals surface area (Å²) < 4.78 is 7.32. The number of nitrogens with one attached hydrogen (secondary N) is 2. The number of imidazole rings is 1. The number of benzene rings is 1. The monoisotopic (exact) mass is 661 g/mol. The molecule has 47 heavy (non-hydrogen) atoms. The highest BCUT2D eigenvalue weighted by molar-refractivity contribution is 7.17. The van der Waals surface area contributed by atoms with Gasteiger partial charge in [0.1, 0.15) is 11.6 Å². The fraction of sp³-hybridized carbons (Fsp3) is 0.394. The molecule has 2 atom stereocenters. The van der Waals surface area contributed by atoms with Crippen LogP contribution in [-0.2, 0) is 22.7 Å². The number of oxazole rings is 1. The average molecular weight is 662 g/mol. The Morgan fingerprint density at radius 2 is 2.04 bits per heavy atom. The number of nitriles is 1. The number of likely N-dealkylation sites (tertiary alicyclic amines) is 1. The lowest BCUT2D eigenvalue weighted by Crippen LogP contribution is -2.39. The van der Waals surface area contributed by atoms with Crippen molar-refractivity contribution in [2.45, 2.75) is 65.7 Å². The molecule has 1 fully saturated rings. The Morgan fingerprint density at radius 1 is 1.28 bits per heavy atom. The highest BCUT2D eigenvalue weighted by Gasteiger charge is 2.32. The van der Waals surface area contributed by atoms with Gasteiger partial charge in [0.05, 0.1) is 39.6 Å². The average Bonchev–Trinajstić information content (AvgIpc) is 3.86. The van der Waals surface area contributed by atoms with Gasteiger partial charge in [0.25, 0.3) is 18.3 Å². The highest BCUT2D eigenvalue weighted by Crippen LogP contribution is 2.30. The zero-order valence-electron chi connectivity index (χ0n) is 26.8. The van der Waals surface area contributed by atoms with Gasteiger partial charge in [-0.05, 0) is 55.0 Å². The molecule has 0 unspecified atom stereocenters. The van der Waals surface area contributed by atoms with Crippen molar-refractivity contribution in [1.29, 1.82) is 5.26 Å². The van der Waals surface area contributed by atoms with Crippen molar-refractivity contribution in [3.8, 4) is 16.7 Å². The molecule has 248 valence electrons. The molecule has 3 aromatic heterocycles. The first-order chi connectivity index (χ1) is 22.5. The number of allylic oxidation sites excluding steroid dienone is 1. The normalized spacial score (nSPS) is 15.5. The van der Waals surface area contributed by atoms with E-state index in [0.29, 0.717) is 41.7 Å². The molecule has 4 heterocycles. The Balaban J connectivity index is 0.00000160. The first kappa shape index (κ1) is 35.0. The molecule has 0 aliphatic carbocycles. The van der Waals surface area contributed by atoms with Crippen molar-refractivity contribution in [3.05, 3.63) is 65.0 Å². The number of aromatic nitrogens is 3. The van der Waals surface area contributed by atoms with Crippen LogP contribution in [-0.4, -0.2) is 73.2 Å². The second-order valence-electron chi connectivity index (χ2n) is 12.3. The van der Waals surface area contributed by atoms with Crippen LogP contribution in [0, 0.1) is 16.7 Å². The topological polar surface area (TPSA) is 187 Å². The van der Waals surface area contributed by atoms with Crippen molar-refractivity contribution in [2.75, 3.05) is 18.5 Å². The lowest BCUT2D eigenvalue weighted by atomic mass is 9.93. The third-order valence-electron chi connectivity index (χ3n) is 7.43. The summed E-state index contributed by atoms with van der Waals surface area (Å²) in [5, 5.41) is 32.3. The molecule has 0 spiro atoms. The molecule has 1 aliphatic heterocycles. The SMILES string of the molecule is C[C@@H](CO)NCc1ccc2c(c1)nc(NC(=O)c1ccc(-c3cnco3)s1)n2C[C@H]1CCCN1C(=O)/C(C#N)=C/C(C)(C)C.O=CO. The number of carbonyl (C=O) groups is 3. The van der Waals surface area contributed by atoms with Gasteiger partial charge in [0.2, 0.25) is 5.95 Å². The van der Waals surface area contributed by atoms with Gasteiger partial charge in [-0.1, -0.05) is 32.9 Å². The van der Waals surface area contributed by atoms with E-state index in [1.165, 1.54) is 17.7 Å². The van der Waals surface area contributed by atoms with Gasteiger partial charge in [-0.25, -0.2) is 9.97 Å². The van der Waals surface area contributed by atoms with Crippen molar-refractivity contribution < 1.29 is 29.0 Å². The number of rotatable bonds is 10. The Kier molecular flexibility index (Phi) is 11.7. The van der Waals surface area contributed by atoms with Crippen molar-refractivity contribution >= 4 is 46.6 Å². The Labute approximate surface area is 276 Å². The fourth-order valence-electron chi connectivity index (χ4n) is 5.25. The Hall–Kier alpha value is -4.84. The number of aliphatic hydroxyl groups is 1. The molecule has 2 amide bonds. The molecule has 1 aromatic carbocycles. The Bertz CT molecular complexity index is 1760. The molecule has 0 saturated carbocycles. The second kappa shape index (κ2) is 15.6. The molecule has 4 N–H and O–H groups in total. The number of hydrogen-bond donors (Lipinski definition) is 4. The van der Waals surface area contributed by atoms with E-state index in [2.05, 4.69) is 21.7 Å². The number of anilines is 1. The number of carbonyl (C=O) groups excluding carboxylic acids is 2. The van der Waals surface area contributed by atoms with Crippen LogP contribution in [0.5, 0.6) is 0 Å². The van der Waals surface area contributed by atoms with E-state index in [9.17, 15) is 20.0 Å². The maximum absolute atomic E-state index is 13.5. The molecule has 4 aromatic rings. The molecular formula is C33H39N7O6S. The molecule has 1 saturated heterocycles. The van der Waals surface area contributed by atoms with Crippen molar-refractivity contribution in [3.63, 3.8) is 0 Å². The lowest BCUT2D eigenvalue weighted by Gasteiger charge is -2.26. The quantitative estimate of drug-likeness (QED) is 0.106. The largest absolute Gasteiger partial charge is 0.483 e. The maximum Gasteiger partial charge on any atom is 0.290 e. The first-order valence-electron chi connectivity index (χ1n) is 15.1. The van der Waals surface area contributed by atoms with E-state index in [4.69, 9.17) is 19.3 Å². The number of nitrogens with zero attached hydrogens (tertiary/aromatic N) is 5. The van der Waals surface area contributed by atoms with Gasteiger partial charge in [-0.2, -0.15) is 5.26 Å². The highest BCUT2D eigenvalue weighted by atomic mass is 32.1. The van der Waals surface area contributed by atoms with E-state index in [-0.39, 0.29) is 48.0 Å². The predicted octanol–water partition coefficient (Wildman–Crippen LogP) is 4.66. The van der Waals surface area contributed by atoms with Crippen LogP contribution < -0.4 is 10.6 Å². The van der Waals surface area contributed by atoms with Crippen LogP contribution in [0.1, 0.15) is 55.8 Å². The van der Waals surface area contributed by atoms with E-state index in [1.54, 1.807) is 23.2 Å². The Morgan fingerprint density at radius 3 is 2.70 bits per heavy atom. The van der Waals surface area contributed by atoms with Crippen LogP contribution in [0.3, 0.4) is 0 Å². The first-order valence-corrected chi connectivity index (χ1v) is 15.9. The summed E-state index contributed by atoms with van der Waals surface area (Å²) in [7, 11) is 0. The summed E-state index contributed by atoms with van der Waals surface area (Å²) in [6.45, 7) is 9.07. The van der Waals surface area contributed by atoms with Gasteiger partial charge in [-0.15, -0.1) is 11.3 Å². The van der Waals surface area contributed by atoms with Gasteiger partial charge < -0.3 is 29.4 Å². The summed E-state index contributed by atoms with van der Waals surface area (Å²) in [6.07, 6.45) is 6.26. The zero-order valence-corrected chi connectivity index (χ0v) is 27.6. The minimum Gasteiger partial charge on any atom is -0.483 e. The van der Waals surface area contributed by atoms with Crippen LogP contribution in [0.4, 0.5) is 5.95 Å². The maximum atomic E-state index is 13.5. The fourth-order valence-corrected chi connectivity index (χ4v) is 6.10. The minimum atomic E-state index is -0.315. The van der Waals surface area contributed by atoms with E-state index >= 15 is 0 Å². The standard InChI is InChI=1S/C32H37N7O4S.CH2O2/c1-20(18-40)35-15-21-7-8-25-24(12-21)36-31(37-29(41)28-10-9-27(44-28)26-16-34-19-43-26)39(25)17-23-6-5-11-38(23)30(42)22(14-33)13-32(2,3)4;2-1-3/h7-10,12-13,16,19-20,23,35,40H,5-6,11,15,17-18H2,1-4H3,(H,36,37,41);1H,(H,2,3)/b22-13+;/t20-,23+;/m0./s1. The van der Waals surface area contributed by atoms with Crippen LogP contribution >= 0.6 is 11.3 Å². The second-order valence-corrected chi connectivity index (χ2v) is 13.3. The summed E-state index contributed by atoms with van der Waals surface area (Å²) >= 11 is 1.29. The van der Waals surface area contributed by atoms with E-state index in [0.717, 1.165) is 28.8 Å². The lowest BCUT2D eigenvalue weighted by molar-refractivity contribution is -0.127. The van der Waals surface area contributed by atoms with Gasteiger partial charge >= 0.3 is 0 Å². The molecule has 5 rings (SSSR count). The van der Waals surface area contributed by atoms with Crippen LogP contribution in [0.25, 0.3) is 21.7 Å². The van der Waals surface area contributed by atoms with Crippen LogP contribution in [0.2, 0.25) is 0 Å². The minimum absolute atomic E-state index is 0.0307. The summed E-state index contributed by atoms with van der Waals surface area (Å²) in [4.78, 5) is 47.1. The number of aliphatic hydroxyl groups excluding tert-OH is 1. The number of fused-ring (bicyclic) bond motifs is 1. The molecule has 0 radical (unpaired) electrons. The van der Waals surface area contributed by atoms with E-state index < -0.39 is 0 Å². The third-order valence-corrected chi connectivity index (χ3v) is 8.53. The zero-order chi connectivity index (χ0) is 34.1. The van der Waals surface area contributed by atoms with Crippen molar-refractivity contribution in [2.24, 2.45) is 5.41 Å². The van der Waals surface area contributed by atoms with Crippen molar-refractivity contribution in [1.82, 2.24) is 24.8 Å². The predicted molar refractivity (Wildman–Crippen MR) is 177 cm³/mol.